The van der Waals surface area contributed by atoms with Crippen LogP contribution in [0.2, 0.25) is 5.02 Å². The van der Waals surface area contributed by atoms with Crippen molar-refractivity contribution in [2.75, 3.05) is 32.8 Å². The van der Waals surface area contributed by atoms with E-state index in [4.69, 9.17) is 11.6 Å². The third kappa shape index (κ3) is 3.66. The molecule has 0 unspecified atom stereocenters. The average molecular weight is 322 g/mol. The van der Waals surface area contributed by atoms with Gasteiger partial charge in [-0.05, 0) is 17.7 Å². The molecule has 2 heterocycles. The van der Waals surface area contributed by atoms with Gasteiger partial charge in [0.05, 0.1) is 6.67 Å². The zero-order valence-electron chi connectivity index (χ0n) is 12.5. The van der Waals surface area contributed by atoms with Crippen molar-refractivity contribution in [3.8, 4) is 0 Å². The highest BCUT2D eigenvalue weighted by atomic mass is 35.5. The Kier molecular flexibility index (Phi) is 4.76. The number of rotatable bonds is 4. The number of hydrogen-bond acceptors (Lipinski definition) is 4. The second-order valence-electron chi connectivity index (χ2n) is 5.88. The molecule has 1 aromatic rings. The number of hydrogen-bond donors (Lipinski definition) is 0. The molecule has 0 spiro atoms. The second kappa shape index (κ2) is 6.77. The summed E-state index contributed by atoms with van der Waals surface area (Å²) in [5.74, 6) is -0.0674. The van der Waals surface area contributed by atoms with Crippen molar-refractivity contribution >= 4 is 23.4 Å². The average Bonchev–Trinajstić information content (AvgIpc) is 2.83. The fourth-order valence-corrected chi connectivity index (χ4v) is 3.04. The molecule has 2 aliphatic rings. The van der Waals surface area contributed by atoms with Gasteiger partial charge in [0.25, 0.3) is 0 Å². The van der Waals surface area contributed by atoms with Gasteiger partial charge in [-0.25, -0.2) is 0 Å². The molecule has 22 heavy (non-hydrogen) atoms. The first-order valence-electron chi connectivity index (χ1n) is 7.64. The lowest BCUT2D eigenvalue weighted by molar-refractivity contribution is -0.141. The van der Waals surface area contributed by atoms with Gasteiger partial charge in [-0.2, -0.15) is 0 Å². The van der Waals surface area contributed by atoms with Crippen LogP contribution in [-0.2, 0) is 16.1 Å². The van der Waals surface area contributed by atoms with Gasteiger partial charge < -0.3 is 0 Å². The smallest absolute Gasteiger partial charge is 0.230 e. The first kappa shape index (κ1) is 15.5. The van der Waals surface area contributed by atoms with E-state index in [9.17, 15) is 9.59 Å². The van der Waals surface area contributed by atoms with E-state index >= 15 is 0 Å². The van der Waals surface area contributed by atoms with Gasteiger partial charge in [-0.1, -0.05) is 23.7 Å². The maximum absolute atomic E-state index is 11.6. The minimum atomic E-state index is -0.0337. The summed E-state index contributed by atoms with van der Waals surface area (Å²) < 4.78 is 0. The van der Waals surface area contributed by atoms with Crippen molar-refractivity contribution in [3.05, 3.63) is 34.9 Å². The summed E-state index contributed by atoms with van der Waals surface area (Å²) >= 11 is 5.90. The van der Waals surface area contributed by atoms with Crippen LogP contribution >= 0.6 is 11.6 Å². The van der Waals surface area contributed by atoms with Gasteiger partial charge in [-0.3, -0.25) is 24.3 Å². The molecule has 6 heteroatoms. The number of likely N-dealkylation sites (tertiary alicyclic amines) is 1. The largest absolute Gasteiger partial charge is 0.297 e. The van der Waals surface area contributed by atoms with Crippen LogP contribution in [0.15, 0.2) is 24.3 Å². The number of carbonyl (C=O) groups is 2. The van der Waals surface area contributed by atoms with Gasteiger partial charge in [-0.15, -0.1) is 0 Å². The molecule has 0 atom stereocenters. The second-order valence-corrected chi connectivity index (χ2v) is 6.31. The van der Waals surface area contributed by atoms with Gasteiger partial charge >= 0.3 is 0 Å². The maximum atomic E-state index is 11.6. The number of piperazine rings is 1. The molecule has 1 aromatic carbocycles. The van der Waals surface area contributed by atoms with Crippen LogP contribution in [0.1, 0.15) is 18.4 Å². The third-order valence-corrected chi connectivity index (χ3v) is 4.53. The normalized spacial score (nSPS) is 20.9. The summed E-state index contributed by atoms with van der Waals surface area (Å²) in [6.45, 7) is 5.01. The minimum absolute atomic E-state index is 0.0337. The Bertz CT molecular complexity index is 537. The SMILES string of the molecule is O=C1CCC(=O)N1CN1CCN(Cc2ccc(Cl)cc2)CC1. The number of halogens is 1. The molecular formula is C16H20ClN3O2. The number of amides is 2. The molecule has 3 rings (SSSR count). The number of nitrogens with zero attached hydrogens (tertiary/aromatic N) is 3. The molecule has 2 aliphatic heterocycles. The highest BCUT2D eigenvalue weighted by Crippen LogP contribution is 2.15. The van der Waals surface area contributed by atoms with Gasteiger partial charge in [0, 0.05) is 50.6 Å². The molecule has 2 saturated heterocycles. The maximum Gasteiger partial charge on any atom is 0.230 e. The van der Waals surface area contributed by atoms with Gasteiger partial charge in [0.1, 0.15) is 0 Å². The van der Waals surface area contributed by atoms with Crippen LogP contribution in [-0.4, -0.2) is 59.4 Å². The first-order valence-corrected chi connectivity index (χ1v) is 8.02. The highest BCUT2D eigenvalue weighted by molar-refractivity contribution is 6.30. The van der Waals surface area contributed by atoms with Crippen molar-refractivity contribution in [2.45, 2.75) is 19.4 Å². The lowest BCUT2D eigenvalue weighted by Gasteiger charge is -2.36. The van der Waals surface area contributed by atoms with Gasteiger partial charge in [0.2, 0.25) is 11.8 Å². The lowest BCUT2D eigenvalue weighted by atomic mass is 10.2. The van der Waals surface area contributed by atoms with E-state index < -0.39 is 0 Å². The topological polar surface area (TPSA) is 43.9 Å². The van der Waals surface area contributed by atoms with E-state index in [1.165, 1.54) is 10.5 Å². The van der Waals surface area contributed by atoms with E-state index in [1.807, 2.05) is 12.1 Å². The Morgan fingerprint density at radius 1 is 0.864 bits per heavy atom. The predicted octanol–water partition coefficient (Wildman–Crippen LogP) is 1.56. The van der Waals surface area contributed by atoms with Crippen LogP contribution in [0.25, 0.3) is 0 Å². The minimum Gasteiger partial charge on any atom is -0.297 e. The fourth-order valence-electron chi connectivity index (χ4n) is 2.92. The quantitative estimate of drug-likeness (QED) is 0.790. The summed E-state index contributed by atoms with van der Waals surface area (Å²) in [6, 6.07) is 7.93. The molecule has 0 aromatic heterocycles. The summed E-state index contributed by atoms with van der Waals surface area (Å²) in [4.78, 5) is 29.3. The van der Waals surface area contributed by atoms with Crippen LogP contribution in [0, 0.1) is 0 Å². The van der Waals surface area contributed by atoms with E-state index in [-0.39, 0.29) is 11.8 Å². The van der Waals surface area contributed by atoms with Crippen LogP contribution in [0.3, 0.4) is 0 Å². The Morgan fingerprint density at radius 3 is 2.00 bits per heavy atom. The highest BCUT2D eigenvalue weighted by Gasteiger charge is 2.31. The predicted molar refractivity (Wildman–Crippen MR) is 84.3 cm³/mol. The Balaban J connectivity index is 1.47. The zero-order chi connectivity index (χ0) is 15.5. The third-order valence-electron chi connectivity index (χ3n) is 4.28. The van der Waals surface area contributed by atoms with E-state index in [1.54, 1.807) is 0 Å². The van der Waals surface area contributed by atoms with Crippen molar-refractivity contribution in [1.29, 1.82) is 0 Å². The van der Waals surface area contributed by atoms with Crippen LogP contribution in [0.4, 0.5) is 0 Å². The van der Waals surface area contributed by atoms with Crippen molar-refractivity contribution < 1.29 is 9.59 Å². The van der Waals surface area contributed by atoms with E-state index in [0.29, 0.717) is 19.5 Å². The monoisotopic (exact) mass is 321 g/mol. The molecule has 0 saturated carbocycles. The number of imide groups is 1. The lowest BCUT2D eigenvalue weighted by Crippen LogP contribution is -2.50. The fraction of sp³-hybridized carbons (Fsp3) is 0.500. The zero-order valence-corrected chi connectivity index (χ0v) is 13.3. The molecular weight excluding hydrogens is 302 g/mol. The Labute approximate surface area is 135 Å². The van der Waals surface area contributed by atoms with Crippen molar-refractivity contribution in [3.63, 3.8) is 0 Å². The van der Waals surface area contributed by atoms with Crippen molar-refractivity contribution in [1.82, 2.24) is 14.7 Å². The molecule has 0 bridgehead atoms. The summed E-state index contributed by atoms with van der Waals surface area (Å²) in [7, 11) is 0. The summed E-state index contributed by atoms with van der Waals surface area (Å²) in [5.41, 5.74) is 1.25. The molecule has 0 N–H and O–H groups in total. The molecule has 2 amide bonds. The molecule has 0 radical (unpaired) electrons. The molecule has 2 fully saturated rings. The number of carbonyl (C=O) groups excluding carboxylic acids is 2. The summed E-state index contributed by atoms with van der Waals surface area (Å²) in [5, 5.41) is 0.758. The summed E-state index contributed by atoms with van der Waals surface area (Å²) in [6.07, 6.45) is 0.741. The van der Waals surface area contributed by atoms with Crippen LogP contribution in [0.5, 0.6) is 0 Å². The Morgan fingerprint density at radius 2 is 1.41 bits per heavy atom. The number of benzene rings is 1. The van der Waals surface area contributed by atoms with Crippen molar-refractivity contribution in [2.24, 2.45) is 0 Å². The van der Waals surface area contributed by atoms with E-state index in [2.05, 4.69) is 21.9 Å². The standard InChI is InChI=1S/C16H20ClN3O2/c17-14-3-1-13(2-4-14)11-18-7-9-19(10-8-18)12-20-15(21)5-6-16(20)22/h1-4H,5-12H2. The Hall–Kier alpha value is -1.43. The molecule has 118 valence electrons. The van der Waals surface area contributed by atoms with E-state index in [0.717, 1.165) is 37.7 Å². The molecule has 5 nitrogen and oxygen atoms in total. The molecule has 0 aliphatic carbocycles. The van der Waals surface area contributed by atoms with Gasteiger partial charge in [0.15, 0.2) is 0 Å². The first-order chi connectivity index (χ1) is 10.6. The van der Waals surface area contributed by atoms with Crippen LogP contribution < -0.4 is 0 Å².